The maximum Gasteiger partial charge on any atom is 0.229 e. The van der Waals surface area contributed by atoms with Gasteiger partial charge in [0.25, 0.3) is 0 Å². The largest absolute Gasteiger partial charge is 0.508 e. The number of phenolic OH excluding ortho intramolecular Hbond substituents is 2. The molecule has 0 aromatic heterocycles. The summed E-state index contributed by atoms with van der Waals surface area (Å²) < 4.78 is 34.4. The first kappa shape index (κ1) is 30.4. The zero-order valence-corrected chi connectivity index (χ0v) is 22.7. The van der Waals surface area contributed by atoms with Crippen LogP contribution in [0.1, 0.15) is 35.4 Å². The first-order chi connectivity index (χ1) is 20.0. The summed E-state index contributed by atoms with van der Waals surface area (Å²) in [5, 5.41) is 72.0. The van der Waals surface area contributed by atoms with Gasteiger partial charge in [-0.1, -0.05) is 12.1 Å². The zero-order valence-electron chi connectivity index (χ0n) is 22.7. The van der Waals surface area contributed by atoms with Crippen molar-refractivity contribution in [2.75, 3.05) is 13.7 Å². The van der Waals surface area contributed by atoms with Crippen molar-refractivity contribution in [3.8, 4) is 23.0 Å². The Labute approximate surface area is 240 Å². The molecule has 3 aliphatic heterocycles. The third-order valence-electron chi connectivity index (χ3n) is 7.66. The Balaban J connectivity index is 1.42. The molecule has 2 aromatic carbocycles. The van der Waals surface area contributed by atoms with E-state index in [1.165, 1.54) is 32.2 Å². The summed E-state index contributed by atoms with van der Waals surface area (Å²) in [5.74, 6) is -0.818. The number of carbonyl (C=O) groups is 1. The summed E-state index contributed by atoms with van der Waals surface area (Å²) in [6, 6.07) is 8.63. The second-order valence-corrected chi connectivity index (χ2v) is 10.5. The lowest BCUT2D eigenvalue weighted by Gasteiger charge is -2.46. The van der Waals surface area contributed by atoms with E-state index in [4.69, 9.17) is 28.4 Å². The van der Waals surface area contributed by atoms with Crippen LogP contribution in [-0.4, -0.2) is 117 Å². The molecule has 3 heterocycles. The molecule has 11 atom stereocenters. The Hall–Kier alpha value is -3.05. The quantitative estimate of drug-likeness (QED) is 0.215. The van der Waals surface area contributed by atoms with E-state index in [0.29, 0.717) is 5.56 Å². The summed E-state index contributed by atoms with van der Waals surface area (Å²) in [4.78, 5) is 12.9. The number of hydrogen-bond acceptors (Lipinski definition) is 14. The number of aliphatic hydroxyl groups excluding tert-OH is 5. The first-order valence-electron chi connectivity index (χ1n) is 13.4. The number of hydrogen-bond donors (Lipinski definition) is 7. The molecule has 42 heavy (non-hydrogen) atoms. The van der Waals surface area contributed by atoms with Gasteiger partial charge in [0.1, 0.15) is 71.3 Å². The van der Waals surface area contributed by atoms with Gasteiger partial charge in [-0.2, -0.15) is 0 Å². The van der Waals surface area contributed by atoms with Crippen molar-refractivity contribution >= 4 is 5.78 Å². The lowest BCUT2D eigenvalue weighted by atomic mass is 9.95. The molecule has 3 aliphatic rings. The van der Waals surface area contributed by atoms with Gasteiger partial charge >= 0.3 is 0 Å². The smallest absolute Gasteiger partial charge is 0.229 e. The second-order valence-electron chi connectivity index (χ2n) is 10.5. The highest BCUT2D eigenvalue weighted by Crippen LogP contribution is 2.43. The Morgan fingerprint density at radius 1 is 0.905 bits per heavy atom. The predicted molar refractivity (Wildman–Crippen MR) is 139 cm³/mol. The molecular formula is C28H34O14. The minimum atomic E-state index is -1.70. The van der Waals surface area contributed by atoms with Crippen LogP contribution in [0, 0.1) is 0 Å². The number of rotatable bonds is 7. The monoisotopic (exact) mass is 594 g/mol. The fourth-order valence-electron chi connectivity index (χ4n) is 5.35. The number of Topliss-reactive ketones (excluding diaryl/α,β-unsaturated/α-hetero) is 1. The van der Waals surface area contributed by atoms with Gasteiger partial charge in [0.15, 0.2) is 18.2 Å². The molecule has 0 aliphatic carbocycles. The van der Waals surface area contributed by atoms with Gasteiger partial charge < -0.3 is 64.2 Å². The number of fused-ring (bicyclic) bond motifs is 1. The van der Waals surface area contributed by atoms with Crippen molar-refractivity contribution in [2.24, 2.45) is 0 Å². The van der Waals surface area contributed by atoms with Crippen molar-refractivity contribution in [2.45, 2.75) is 80.9 Å². The molecule has 230 valence electrons. The predicted octanol–water partition coefficient (Wildman–Crippen LogP) is -0.511. The van der Waals surface area contributed by atoms with Crippen LogP contribution in [0.4, 0.5) is 0 Å². The molecule has 14 heteroatoms. The van der Waals surface area contributed by atoms with Gasteiger partial charge in [-0.3, -0.25) is 4.79 Å². The molecule has 0 spiro atoms. The topological polar surface area (TPSA) is 214 Å². The standard InChI is InChI=1S/C28H34O14/c1-11-21(33)22(34)23(35)27(38-11)42-26-24(36)25(37-2)19(10-29)41-28(26)39-14-7-15(31)20-16(32)9-17(40-18(20)8-14)12-3-5-13(30)6-4-12/h3-8,11,17,19,21-31,33-36H,9-10H2,1-2H3/t11?,17?,19?,21-,22?,23-,24-,25+,26?,27-,28+/m0/s1. The first-order valence-corrected chi connectivity index (χ1v) is 13.4. The van der Waals surface area contributed by atoms with Crippen molar-refractivity contribution < 1.29 is 69.0 Å². The van der Waals surface area contributed by atoms with E-state index in [-0.39, 0.29) is 35.0 Å². The van der Waals surface area contributed by atoms with E-state index >= 15 is 0 Å². The van der Waals surface area contributed by atoms with Gasteiger partial charge in [0, 0.05) is 19.2 Å². The Bertz CT molecular complexity index is 1250. The summed E-state index contributed by atoms with van der Waals surface area (Å²) in [6.45, 7) is 0.883. The zero-order chi connectivity index (χ0) is 30.3. The number of phenols is 2. The molecule has 0 amide bonds. The Kier molecular flexibility index (Phi) is 8.89. The number of aromatic hydroxyl groups is 2. The third-order valence-corrected chi connectivity index (χ3v) is 7.66. The summed E-state index contributed by atoms with van der Waals surface area (Å²) in [6.07, 6.45) is -14.6. The second kappa shape index (κ2) is 12.3. The van der Waals surface area contributed by atoms with E-state index < -0.39 is 79.9 Å². The van der Waals surface area contributed by atoms with Crippen LogP contribution in [0.25, 0.3) is 0 Å². The van der Waals surface area contributed by atoms with Crippen LogP contribution >= 0.6 is 0 Å². The van der Waals surface area contributed by atoms with Gasteiger partial charge in [0.2, 0.25) is 6.29 Å². The molecule has 2 saturated heterocycles. The Morgan fingerprint density at radius 2 is 1.62 bits per heavy atom. The summed E-state index contributed by atoms with van der Waals surface area (Å²) >= 11 is 0. The van der Waals surface area contributed by atoms with Crippen molar-refractivity contribution in [3.05, 3.63) is 47.5 Å². The van der Waals surface area contributed by atoms with Crippen molar-refractivity contribution in [1.29, 1.82) is 0 Å². The third kappa shape index (κ3) is 5.77. The van der Waals surface area contributed by atoms with Gasteiger partial charge in [-0.05, 0) is 24.6 Å². The lowest BCUT2D eigenvalue weighted by Crippen LogP contribution is -2.65. The van der Waals surface area contributed by atoms with Gasteiger partial charge in [0.05, 0.1) is 19.1 Å². The highest BCUT2D eigenvalue weighted by atomic mass is 16.8. The molecule has 5 rings (SSSR count). The molecule has 0 radical (unpaired) electrons. The number of aliphatic hydroxyl groups is 5. The average molecular weight is 595 g/mol. The van der Waals surface area contributed by atoms with Crippen LogP contribution in [0.2, 0.25) is 0 Å². The van der Waals surface area contributed by atoms with Crippen molar-refractivity contribution in [3.63, 3.8) is 0 Å². The fraction of sp³-hybridized carbons (Fsp3) is 0.536. The van der Waals surface area contributed by atoms with Crippen LogP contribution in [0.5, 0.6) is 23.0 Å². The number of ether oxygens (including phenoxy) is 6. The molecule has 7 N–H and O–H groups in total. The van der Waals surface area contributed by atoms with Crippen LogP contribution < -0.4 is 9.47 Å². The van der Waals surface area contributed by atoms with Crippen molar-refractivity contribution in [1.82, 2.24) is 0 Å². The van der Waals surface area contributed by atoms with Gasteiger partial charge in [-0.25, -0.2) is 0 Å². The SMILES string of the molecule is CO[C@@H]1C(CO)O[C@@H](Oc2cc(O)c3c(c2)OC(c2ccc(O)cc2)CC3=O)C(O[C@@H]2OC(C)[C@H](O)C(O)[C@@H]2O)[C@H]1O. The molecule has 2 aromatic rings. The number of carbonyl (C=O) groups excluding carboxylic acids is 1. The van der Waals surface area contributed by atoms with Crippen LogP contribution in [0.3, 0.4) is 0 Å². The molecular weight excluding hydrogens is 560 g/mol. The van der Waals surface area contributed by atoms with Gasteiger partial charge in [-0.15, -0.1) is 0 Å². The van der Waals surface area contributed by atoms with Crippen LogP contribution in [-0.2, 0) is 18.9 Å². The minimum Gasteiger partial charge on any atom is -0.508 e. The summed E-state index contributed by atoms with van der Waals surface area (Å²) in [5.41, 5.74) is 0.566. The van der Waals surface area contributed by atoms with E-state index in [2.05, 4.69) is 0 Å². The Morgan fingerprint density at radius 3 is 2.29 bits per heavy atom. The van der Waals surface area contributed by atoms with E-state index in [9.17, 15) is 40.5 Å². The molecule has 14 nitrogen and oxygen atoms in total. The molecule has 5 unspecified atom stereocenters. The van der Waals surface area contributed by atoms with E-state index in [1.807, 2.05) is 0 Å². The molecule has 0 saturated carbocycles. The van der Waals surface area contributed by atoms with E-state index in [1.54, 1.807) is 12.1 Å². The van der Waals surface area contributed by atoms with Crippen LogP contribution in [0.15, 0.2) is 36.4 Å². The number of methoxy groups -OCH3 is 1. The maximum absolute atomic E-state index is 12.9. The fourth-order valence-corrected chi connectivity index (χ4v) is 5.35. The molecule has 0 bridgehead atoms. The summed E-state index contributed by atoms with van der Waals surface area (Å²) in [7, 11) is 1.28. The lowest BCUT2D eigenvalue weighted by molar-refractivity contribution is -0.355. The number of benzene rings is 2. The highest BCUT2D eigenvalue weighted by Gasteiger charge is 2.51. The molecule has 2 fully saturated rings. The highest BCUT2D eigenvalue weighted by molar-refractivity contribution is 6.02. The maximum atomic E-state index is 12.9. The minimum absolute atomic E-state index is 0.0126. The number of ketones is 1. The normalized spacial score (nSPS) is 36.6. The average Bonchev–Trinajstić information content (AvgIpc) is 2.96. The van der Waals surface area contributed by atoms with E-state index in [0.717, 1.165) is 6.07 Å².